The van der Waals surface area contributed by atoms with Gasteiger partial charge in [-0.25, -0.2) is 14.1 Å². The maximum atomic E-state index is 13.4. The smallest absolute Gasteiger partial charge is 0.362 e. The maximum absolute atomic E-state index is 13.4. The quantitative estimate of drug-likeness (QED) is 0.0467. The molecular formula is C23H34N10O8S2. The molecule has 2 aromatic heterocycles. The lowest BCUT2D eigenvalue weighted by molar-refractivity contribution is -0.165. The Balaban J connectivity index is 1.51. The number of aromatic nitrogens is 4. The van der Waals surface area contributed by atoms with E-state index in [9.17, 15) is 32.5 Å². The highest BCUT2D eigenvalue weighted by atomic mass is 32.2. The van der Waals surface area contributed by atoms with Gasteiger partial charge in [-0.1, -0.05) is 5.16 Å². The number of nitrogens with zero attached hydrogens (tertiary/aromatic N) is 6. The summed E-state index contributed by atoms with van der Waals surface area (Å²) in [5.41, 5.74) is 9.70. The number of anilines is 1. The van der Waals surface area contributed by atoms with Gasteiger partial charge in [-0.05, 0) is 39.7 Å². The fourth-order valence-electron chi connectivity index (χ4n) is 4.67. The molecule has 8 N–H and O–H groups in total. The van der Waals surface area contributed by atoms with Gasteiger partial charge in [0, 0.05) is 30.3 Å². The predicted octanol–water partition coefficient (Wildman–Crippen LogP) is -1.15. The number of rotatable bonds is 14. The highest BCUT2D eigenvalue weighted by Crippen LogP contribution is 2.34. The lowest BCUT2D eigenvalue weighted by Gasteiger charge is -2.43. The van der Waals surface area contributed by atoms with Crippen LogP contribution in [0.3, 0.4) is 0 Å². The summed E-state index contributed by atoms with van der Waals surface area (Å²) in [4.78, 5) is 48.6. The van der Waals surface area contributed by atoms with Crippen molar-refractivity contribution in [1.82, 2.24) is 34.9 Å². The van der Waals surface area contributed by atoms with Crippen LogP contribution in [0.25, 0.3) is 0 Å². The van der Waals surface area contributed by atoms with E-state index in [4.69, 9.17) is 16.3 Å². The molecule has 2 aliphatic rings. The van der Waals surface area contributed by atoms with Crippen molar-refractivity contribution >= 4 is 50.3 Å². The molecule has 2 atom stereocenters. The number of amides is 2. The summed E-state index contributed by atoms with van der Waals surface area (Å²) >= 11 is 0.984. The lowest BCUT2D eigenvalue weighted by atomic mass is 9.98. The first-order valence-corrected chi connectivity index (χ1v) is 15.6. The monoisotopic (exact) mass is 642 g/mol. The van der Waals surface area contributed by atoms with E-state index < -0.39 is 51.5 Å². The molecule has 2 fully saturated rings. The van der Waals surface area contributed by atoms with E-state index >= 15 is 0 Å². The predicted molar refractivity (Wildman–Crippen MR) is 152 cm³/mol. The van der Waals surface area contributed by atoms with Gasteiger partial charge in [0.25, 0.3) is 11.8 Å². The van der Waals surface area contributed by atoms with E-state index in [0.717, 1.165) is 16.1 Å². The number of carbonyl (C=O) groups is 3. The zero-order valence-electron chi connectivity index (χ0n) is 23.5. The zero-order valence-corrected chi connectivity index (χ0v) is 25.1. The van der Waals surface area contributed by atoms with Crippen molar-refractivity contribution in [3.63, 3.8) is 0 Å². The van der Waals surface area contributed by atoms with Gasteiger partial charge in [-0.2, -0.15) is 23.4 Å². The third-order valence-corrected chi connectivity index (χ3v) is 8.61. The van der Waals surface area contributed by atoms with Crippen LogP contribution in [0, 0.1) is 0 Å². The molecule has 1 saturated heterocycles. The minimum absolute atomic E-state index is 0.0441. The minimum Gasteiger partial charge on any atom is -0.478 e. The molecule has 20 heteroatoms. The van der Waals surface area contributed by atoms with Gasteiger partial charge in [-0.3, -0.25) is 14.1 Å². The third-order valence-electron chi connectivity index (χ3n) is 6.98. The minimum atomic E-state index is -4.99. The van der Waals surface area contributed by atoms with Gasteiger partial charge in [0.05, 0.1) is 18.4 Å². The second-order valence-corrected chi connectivity index (χ2v) is 13.2. The molecule has 1 saturated carbocycles. The molecule has 43 heavy (non-hydrogen) atoms. The van der Waals surface area contributed by atoms with E-state index in [0.29, 0.717) is 38.0 Å². The molecule has 4 rings (SSSR count). The van der Waals surface area contributed by atoms with Crippen LogP contribution in [-0.4, -0.2) is 95.6 Å². The maximum Gasteiger partial charge on any atom is 0.362 e. The van der Waals surface area contributed by atoms with Crippen LogP contribution < -0.4 is 22.1 Å². The molecule has 0 bridgehead atoms. The highest BCUT2D eigenvalue weighted by Gasteiger charge is 2.55. The Bertz CT molecular complexity index is 1490. The fourth-order valence-corrected chi connectivity index (χ4v) is 6.09. The number of carboxylic acid groups (broad SMARTS) is 1. The Labute approximate surface area is 250 Å². The summed E-state index contributed by atoms with van der Waals surface area (Å²) in [6, 6.07) is -2.75. The number of carboxylic acids is 1. The van der Waals surface area contributed by atoms with Crippen LogP contribution >= 0.6 is 11.3 Å². The number of nitrogens with two attached hydrogens (primary N) is 2. The molecule has 2 aromatic rings. The number of hydrogen-bond donors (Lipinski definition) is 6. The van der Waals surface area contributed by atoms with Crippen molar-refractivity contribution in [2.45, 2.75) is 82.3 Å². The van der Waals surface area contributed by atoms with Gasteiger partial charge >= 0.3 is 16.3 Å². The van der Waals surface area contributed by atoms with Crippen molar-refractivity contribution in [2.75, 3.05) is 12.3 Å². The van der Waals surface area contributed by atoms with Crippen molar-refractivity contribution in [2.24, 2.45) is 10.9 Å². The topological polar surface area (TPSA) is 270 Å². The first kappa shape index (κ1) is 32.2. The second-order valence-electron chi connectivity index (χ2n) is 11.0. The van der Waals surface area contributed by atoms with Crippen LogP contribution in [-0.2, 0) is 42.6 Å². The van der Waals surface area contributed by atoms with Crippen molar-refractivity contribution in [1.29, 1.82) is 0 Å². The molecule has 236 valence electrons. The largest absolute Gasteiger partial charge is 0.478 e. The summed E-state index contributed by atoms with van der Waals surface area (Å²) < 4.78 is 33.8. The standard InChI is InChI=1S/C23H34N10O8S2/c1-22(2,25)7-8-26-9-13-10-27-32(30-13)11-15-17(19(35)33(15)43(38,39)40)29-18(34)16(14-12-42-21(24)28-14)31-41-23(20(36)37)5-3-4-6-23/h10,12,15,17,26H,3-9,11,25H2,1-2H3,(H2,24,28)(H,29,34)(H,36,37)(H,38,39,40)/b31-16-/t15-,17+/m1/s1. The molecule has 2 amide bonds. The van der Waals surface area contributed by atoms with E-state index in [1.807, 2.05) is 13.8 Å². The van der Waals surface area contributed by atoms with Crippen LogP contribution in [0.5, 0.6) is 0 Å². The van der Waals surface area contributed by atoms with Crippen LogP contribution in [0.2, 0.25) is 0 Å². The van der Waals surface area contributed by atoms with E-state index in [1.165, 1.54) is 11.6 Å². The third kappa shape index (κ3) is 7.63. The molecule has 0 unspecified atom stereocenters. The Morgan fingerprint density at radius 3 is 2.60 bits per heavy atom. The number of nitrogens with one attached hydrogen (secondary N) is 2. The first-order valence-electron chi connectivity index (χ1n) is 13.3. The number of aliphatic carboxylic acids is 1. The Morgan fingerprint density at radius 2 is 2.02 bits per heavy atom. The second kappa shape index (κ2) is 12.5. The molecule has 0 radical (unpaired) electrons. The van der Waals surface area contributed by atoms with Crippen LogP contribution in [0.15, 0.2) is 16.7 Å². The average Bonchev–Trinajstić information content (AvgIpc) is 3.66. The molecule has 18 nitrogen and oxygen atoms in total. The number of β-lactam (4-membered cyclic amide) rings is 1. The zero-order chi connectivity index (χ0) is 31.6. The summed E-state index contributed by atoms with van der Waals surface area (Å²) in [7, 11) is -4.99. The summed E-state index contributed by atoms with van der Waals surface area (Å²) in [5.74, 6) is -3.37. The van der Waals surface area contributed by atoms with E-state index in [2.05, 4.69) is 31.0 Å². The van der Waals surface area contributed by atoms with Crippen LogP contribution in [0.1, 0.15) is 57.3 Å². The molecule has 3 heterocycles. The number of thiazole rings is 1. The summed E-state index contributed by atoms with van der Waals surface area (Å²) in [6.45, 7) is 4.45. The average molecular weight is 643 g/mol. The van der Waals surface area contributed by atoms with Crippen molar-refractivity contribution in [3.8, 4) is 0 Å². The molecule has 1 aliphatic carbocycles. The van der Waals surface area contributed by atoms with Gasteiger partial charge in [0.1, 0.15) is 17.8 Å². The lowest BCUT2D eigenvalue weighted by Crippen LogP contribution is -2.73. The molecule has 0 spiro atoms. The molecule has 1 aliphatic heterocycles. The highest BCUT2D eigenvalue weighted by molar-refractivity contribution is 7.84. The SMILES string of the molecule is CC(C)(N)CCNCc1cnn(C[C@@H]2[C@H](NC(=O)/C(=N\OC3(C(=O)O)CCCC3)c3csc(N)n3)C(=O)N2S(=O)(=O)O)n1. The first-order chi connectivity index (χ1) is 20.1. The van der Waals surface area contributed by atoms with Gasteiger partial charge in [-0.15, -0.1) is 11.3 Å². The normalized spacial score (nSPS) is 20.6. The summed E-state index contributed by atoms with van der Waals surface area (Å²) in [6.07, 6.45) is 3.67. The van der Waals surface area contributed by atoms with E-state index in [-0.39, 0.29) is 40.1 Å². The number of nitrogen functional groups attached to an aromatic ring is 1. The summed E-state index contributed by atoms with van der Waals surface area (Å²) in [5, 5.41) is 28.9. The molecular weight excluding hydrogens is 608 g/mol. The van der Waals surface area contributed by atoms with Gasteiger partial charge < -0.3 is 32.0 Å². The Hall–Kier alpha value is -3.72. The Kier molecular flexibility index (Phi) is 9.35. The van der Waals surface area contributed by atoms with Crippen molar-refractivity contribution < 1.29 is 37.3 Å². The number of oxime groups is 1. The van der Waals surface area contributed by atoms with Gasteiger partial charge in [0.15, 0.2) is 10.8 Å². The van der Waals surface area contributed by atoms with Gasteiger partial charge in [0.2, 0.25) is 5.60 Å². The van der Waals surface area contributed by atoms with E-state index in [1.54, 1.807) is 0 Å². The number of carbonyl (C=O) groups excluding carboxylic acids is 2. The van der Waals surface area contributed by atoms with Crippen molar-refractivity contribution in [3.05, 3.63) is 23.0 Å². The fraction of sp³-hybridized carbons (Fsp3) is 0.609. The number of hydrogen-bond acceptors (Lipinski definition) is 14. The molecule has 0 aromatic carbocycles. The van der Waals surface area contributed by atoms with Crippen LogP contribution in [0.4, 0.5) is 5.13 Å². The Morgan fingerprint density at radius 1 is 1.33 bits per heavy atom.